The highest BCUT2D eigenvalue weighted by molar-refractivity contribution is 7.91. The Morgan fingerprint density at radius 1 is 1.22 bits per heavy atom. The van der Waals surface area contributed by atoms with Gasteiger partial charge in [0.1, 0.15) is 0 Å². The highest BCUT2D eigenvalue weighted by atomic mass is 32.2. The number of nitrogens with two attached hydrogens (primary N) is 1. The molecular formula is C12H15N3O2S. The molecule has 6 heteroatoms. The third kappa shape index (κ3) is 2.96. The lowest BCUT2D eigenvalue weighted by Gasteiger charge is -2.06. The zero-order chi connectivity index (χ0) is 13.0. The topological polar surface area (TPSA) is 78.0 Å². The standard InChI is InChI=1S/C12H15N3O2S/c13-9-11-1-3-12(4-2-11)18(16,17)8-7-15-6-5-14-10-15/h1-6,10H,7-9,13H2. The minimum atomic E-state index is -3.25. The molecular weight excluding hydrogens is 250 g/mol. The first-order valence-corrected chi connectivity index (χ1v) is 7.24. The van der Waals surface area contributed by atoms with Crippen molar-refractivity contribution in [2.45, 2.75) is 18.0 Å². The molecule has 1 aromatic heterocycles. The normalized spacial score (nSPS) is 11.6. The van der Waals surface area contributed by atoms with E-state index in [0.717, 1.165) is 5.56 Å². The van der Waals surface area contributed by atoms with Gasteiger partial charge in [0.05, 0.1) is 17.0 Å². The van der Waals surface area contributed by atoms with Gasteiger partial charge in [-0.25, -0.2) is 13.4 Å². The molecule has 0 aliphatic carbocycles. The molecule has 5 nitrogen and oxygen atoms in total. The van der Waals surface area contributed by atoms with Crippen LogP contribution >= 0.6 is 0 Å². The summed E-state index contributed by atoms with van der Waals surface area (Å²) in [5, 5.41) is 0. The van der Waals surface area contributed by atoms with Crippen LogP contribution in [-0.2, 0) is 22.9 Å². The Kier molecular flexibility index (Phi) is 3.78. The van der Waals surface area contributed by atoms with Crippen LogP contribution in [0.25, 0.3) is 0 Å². The highest BCUT2D eigenvalue weighted by Gasteiger charge is 2.13. The van der Waals surface area contributed by atoms with E-state index in [0.29, 0.717) is 18.0 Å². The second-order valence-electron chi connectivity index (χ2n) is 3.97. The molecule has 2 rings (SSSR count). The lowest BCUT2D eigenvalue weighted by molar-refractivity contribution is 0.588. The number of benzene rings is 1. The van der Waals surface area contributed by atoms with E-state index < -0.39 is 9.84 Å². The van der Waals surface area contributed by atoms with Gasteiger partial charge in [0.25, 0.3) is 0 Å². The monoisotopic (exact) mass is 265 g/mol. The summed E-state index contributed by atoms with van der Waals surface area (Å²) in [6, 6.07) is 6.69. The molecule has 0 saturated heterocycles. The molecule has 0 saturated carbocycles. The summed E-state index contributed by atoms with van der Waals surface area (Å²) in [5.41, 5.74) is 6.39. The molecule has 2 aromatic rings. The van der Waals surface area contributed by atoms with E-state index in [9.17, 15) is 8.42 Å². The molecule has 2 N–H and O–H groups in total. The maximum atomic E-state index is 12.1. The first kappa shape index (κ1) is 12.8. The zero-order valence-electron chi connectivity index (χ0n) is 9.86. The summed E-state index contributed by atoms with van der Waals surface area (Å²) < 4.78 is 25.9. The molecule has 0 amide bonds. The number of rotatable bonds is 5. The van der Waals surface area contributed by atoms with Crippen LogP contribution in [0, 0.1) is 0 Å². The molecule has 0 aliphatic rings. The van der Waals surface area contributed by atoms with Crippen molar-refractivity contribution >= 4 is 9.84 Å². The van der Waals surface area contributed by atoms with Gasteiger partial charge in [0, 0.05) is 25.5 Å². The third-order valence-corrected chi connectivity index (χ3v) is 4.41. The van der Waals surface area contributed by atoms with Crippen molar-refractivity contribution < 1.29 is 8.42 Å². The SMILES string of the molecule is NCc1ccc(S(=O)(=O)CCn2ccnc2)cc1. The fraction of sp³-hybridized carbons (Fsp3) is 0.250. The van der Waals surface area contributed by atoms with E-state index >= 15 is 0 Å². The molecule has 0 fully saturated rings. The highest BCUT2D eigenvalue weighted by Crippen LogP contribution is 2.12. The van der Waals surface area contributed by atoms with Gasteiger partial charge in [-0.05, 0) is 17.7 Å². The molecule has 0 atom stereocenters. The minimum Gasteiger partial charge on any atom is -0.336 e. The average Bonchev–Trinajstić information content (AvgIpc) is 2.90. The van der Waals surface area contributed by atoms with Gasteiger partial charge in [-0.1, -0.05) is 12.1 Å². The van der Waals surface area contributed by atoms with E-state index in [1.165, 1.54) is 0 Å². The van der Waals surface area contributed by atoms with Crippen LogP contribution in [-0.4, -0.2) is 23.7 Å². The lowest BCUT2D eigenvalue weighted by atomic mass is 10.2. The Hall–Kier alpha value is -1.66. The number of imidazole rings is 1. The number of aromatic nitrogens is 2. The maximum Gasteiger partial charge on any atom is 0.180 e. The Labute approximate surface area is 106 Å². The smallest absolute Gasteiger partial charge is 0.180 e. The van der Waals surface area contributed by atoms with Crippen molar-refractivity contribution in [1.29, 1.82) is 0 Å². The molecule has 18 heavy (non-hydrogen) atoms. The first-order chi connectivity index (χ1) is 8.62. The predicted molar refractivity (Wildman–Crippen MR) is 68.6 cm³/mol. The fourth-order valence-electron chi connectivity index (χ4n) is 1.60. The van der Waals surface area contributed by atoms with Gasteiger partial charge in [-0.3, -0.25) is 0 Å². The van der Waals surface area contributed by atoms with Crippen LogP contribution < -0.4 is 5.73 Å². The van der Waals surface area contributed by atoms with E-state index in [1.807, 2.05) is 0 Å². The van der Waals surface area contributed by atoms with Gasteiger partial charge in [0.2, 0.25) is 0 Å². The molecule has 96 valence electrons. The average molecular weight is 265 g/mol. The summed E-state index contributed by atoms with van der Waals surface area (Å²) in [4.78, 5) is 4.21. The Balaban J connectivity index is 2.09. The van der Waals surface area contributed by atoms with E-state index in [2.05, 4.69) is 4.98 Å². The largest absolute Gasteiger partial charge is 0.336 e. The zero-order valence-corrected chi connectivity index (χ0v) is 10.7. The summed E-state index contributed by atoms with van der Waals surface area (Å²) in [5.74, 6) is 0.0608. The van der Waals surface area contributed by atoms with Crippen LogP contribution in [0.15, 0.2) is 47.9 Å². The summed E-state index contributed by atoms with van der Waals surface area (Å²) >= 11 is 0. The number of nitrogens with zero attached hydrogens (tertiary/aromatic N) is 2. The number of sulfone groups is 1. The van der Waals surface area contributed by atoms with Gasteiger partial charge in [-0.15, -0.1) is 0 Å². The predicted octanol–water partition coefficient (Wildman–Crippen LogP) is 0.816. The molecule has 1 heterocycles. The van der Waals surface area contributed by atoms with Crippen LogP contribution in [0.1, 0.15) is 5.56 Å². The third-order valence-electron chi connectivity index (χ3n) is 2.70. The van der Waals surface area contributed by atoms with Gasteiger partial charge in [0.15, 0.2) is 9.84 Å². The molecule has 0 radical (unpaired) electrons. The van der Waals surface area contributed by atoms with Crippen LogP contribution in [0.3, 0.4) is 0 Å². The summed E-state index contributed by atoms with van der Waals surface area (Å²) in [6.07, 6.45) is 4.97. The minimum absolute atomic E-state index is 0.0608. The Morgan fingerprint density at radius 3 is 2.50 bits per heavy atom. The first-order valence-electron chi connectivity index (χ1n) is 5.59. The summed E-state index contributed by atoms with van der Waals surface area (Å²) in [6.45, 7) is 0.816. The van der Waals surface area contributed by atoms with E-state index in [4.69, 9.17) is 5.73 Å². The van der Waals surface area contributed by atoms with E-state index in [-0.39, 0.29) is 5.75 Å². The lowest BCUT2D eigenvalue weighted by Crippen LogP contribution is -2.12. The quantitative estimate of drug-likeness (QED) is 0.868. The molecule has 0 bridgehead atoms. The second-order valence-corrected chi connectivity index (χ2v) is 6.08. The Morgan fingerprint density at radius 2 is 1.94 bits per heavy atom. The van der Waals surface area contributed by atoms with Gasteiger partial charge >= 0.3 is 0 Å². The summed E-state index contributed by atoms with van der Waals surface area (Å²) in [7, 11) is -3.25. The van der Waals surface area contributed by atoms with Crippen LogP contribution in [0.5, 0.6) is 0 Å². The van der Waals surface area contributed by atoms with E-state index in [1.54, 1.807) is 47.6 Å². The Bertz CT molecular complexity index is 589. The van der Waals surface area contributed by atoms with Gasteiger partial charge < -0.3 is 10.3 Å². The van der Waals surface area contributed by atoms with Crippen molar-refractivity contribution in [2.75, 3.05) is 5.75 Å². The molecule has 0 unspecified atom stereocenters. The number of aryl methyl sites for hydroxylation is 1. The van der Waals surface area contributed by atoms with Crippen molar-refractivity contribution in [3.8, 4) is 0 Å². The van der Waals surface area contributed by atoms with Gasteiger partial charge in [-0.2, -0.15) is 0 Å². The van der Waals surface area contributed by atoms with Crippen molar-refractivity contribution in [1.82, 2.24) is 9.55 Å². The van der Waals surface area contributed by atoms with Crippen LogP contribution in [0.2, 0.25) is 0 Å². The fourth-order valence-corrected chi connectivity index (χ4v) is 2.83. The van der Waals surface area contributed by atoms with Crippen LogP contribution in [0.4, 0.5) is 0 Å². The molecule has 0 aliphatic heterocycles. The number of hydrogen-bond donors (Lipinski definition) is 1. The molecule has 0 spiro atoms. The number of hydrogen-bond acceptors (Lipinski definition) is 4. The van der Waals surface area contributed by atoms with Crippen molar-refractivity contribution in [2.24, 2.45) is 5.73 Å². The van der Waals surface area contributed by atoms with Crippen molar-refractivity contribution in [3.63, 3.8) is 0 Å². The second kappa shape index (κ2) is 5.32. The molecule has 1 aromatic carbocycles. The van der Waals surface area contributed by atoms with Crippen molar-refractivity contribution in [3.05, 3.63) is 48.5 Å². The maximum absolute atomic E-state index is 12.1.